The number of aliphatic hydroxyl groups is 1. The molecule has 0 amide bonds. The number of ether oxygens (including phenoxy) is 1. The van der Waals surface area contributed by atoms with Crippen LogP contribution < -0.4 is 0 Å². The van der Waals surface area contributed by atoms with Gasteiger partial charge in [0.1, 0.15) is 0 Å². The van der Waals surface area contributed by atoms with E-state index in [4.69, 9.17) is 4.74 Å². The molecule has 150 valence electrons. The van der Waals surface area contributed by atoms with Crippen LogP contribution in [-0.2, 0) is 4.74 Å². The van der Waals surface area contributed by atoms with Gasteiger partial charge in [0.05, 0.1) is 6.10 Å². The van der Waals surface area contributed by atoms with Crippen LogP contribution in [0.4, 0.5) is 13.2 Å². The molecule has 1 N–H and O–H groups in total. The second-order valence-electron chi connectivity index (χ2n) is 10.3. The molecule has 0 saturated heterocycles. The lowest BCUT2D eigenvalue weighted by Crippen LogP contribution is -2.62. The maximum absolute atomic E-state index is 13.5. The predicted octanol–water partition coefficient (Wildman–Crippen LogP) is 5.34. The van der Waals surface area contributed by atoms with Crippen LogP contribution in [0.3, 0.4) is 0 Å². The summed E-state index contributed by atoms with van der Waals surface area (Å²) < 4.78 is 46.3. The maximum atomic E-state index is 13.5. The molecule has 0 bridgehead atoms. The fourth-order valence-electron chi connectivity index (χ4n) is 7.69. The molecule has 0 unspecified atom stereocenters. The molecule has 0 aromatic carbocycles. The highest BCUT2D eigenvalue weighted by Gasteiger charge is 2.65. The van der Waals surface area contributed by atoms with E-state index in [9.17, 15) is 18.3 Å². The number of hydrogen-bond donors (Lipinski definition) is 1. The number of rotatable bonds is 1. The third-order valence-electron chi connectivity index (χ3n) is 9.33. The van der Waals surface area contributed by atoms with E-state index in [1.165, 1.54) is 25.7 Å². The summed E-state index contributed by atoms with van der Waals surface area (Å²) in [7, 11) is 1.73. The summed E-state index contributed by atoms with van der Waals surface area (Å²) in [5.74, 6) is 1.44. The molecule has 26 heavy (non-hydrogen) atoms. The quantitative estimate of drug-likeness (QED) is 0.671. The minimum atomic E-state index is -4.54. The lowest BCUT2D eigenvalue weighted by atomic mass is 9.43. The smallest absolute Gasteiger partial charge is 0.381 e. The van der Waals surface area contributed by atoms with E-state index in [-0.39, 0.29) is 30.3 Å². The fraction of sp³-hybridized carbons (Fsp3) is 1.00. The SMILES string of the molecule is CO[C@H]1C[C@H]2C[C@@](O)(C(F)(F)F)CC[C@]2(C)[C@H]2CC[C@]3(C)CCC[C@H]3[C@H]12. The first-order valence-corrected chi connectivity index (χ1v) is 10.4. The second kappa shape index (κ2) is 5.85. The summed E-state index contributed by atoms with van der Waals surface area (Å²) >= 11 is 0. The molecule has 4 aliphatic carbocycles. The van der Waals surface area contributed by atoms with E-state index in [2.05, 4.69) is 13.8 Å². The molecule has 0 radical (unpaired) electrons. The Hall–Kier alpha value is -0.290. The van der Waals surface area contributed by atoms with Crippen molar-refractivity contribution in [2.45, 2.75) is 89.5 Å². The Kier molecular flexibility index (Phi) is 4.29. The summed E-state index contributed by atoms with van der Waals surface area (Å²) in [6, 6.07) is 0. The monoisotopic (exact) mass is 374 g/mol. The molecule has 0 spiro atoms. The van der Waals surface area contributed by atoms with Crippen LogP contribution >= 0.6 is 0 Å². The molecule has 5 heteroatoms. The van der Waals surface area contributed by atoms with E-state index in [1.807, 2.05) is 0 Å². The lowest BCUT2D eigenvalue weighted by molar-refractivity contribution is -0.294. The van der Waals surface area contributed by atoms with Crippen LogP contribution in [0.5, 0.6) is 0 Å². The van der Waals surface area contributed by atoms with Crippen LogP contribution in [0.2, 0.25) is 0 Å². The van der Waals surface area contributed by atoms with Crippen molar-refractivity contribution in [3.8, 4) is 0 Å². The highest BCUT2D eigenvalue weighted by molar-refractivity contribution is 5.12. The van der Waals surface area contributed by atoms with Gasteiger partial charge in [-0.25, -0.2) is 0 Å². The van der Waals surface area contributed by atoms with Crippen LogP contribution in [0.15, 0.2) is 0 Å². The Morgan fingerprint density at radius 2 is 1.73 bits per heavy atom. The first-order valence-electron chi connectivity index (χ1n) is 10.4. The predicted molar refractivity (Wildman–Crippen MR) is 93.5 cm³/mol. The van der Waals surface area contributed by atoms with Gasteiger partial charge in [-0.3, -0.25) is 0 Å². The van der Waals surface area contributed by atoms with Crippen molar-refractivity contribution in [3.05, 3.63) is 0 Å². The zero-order valence-electron chi connectivity index (χ0n) is 16.2. The summed E-state index contributed by atoms with van der Waals surface area (Å²) in [6.45, 7) is 4.64. The third kappa shape index (κ3) is 2.52. The highest BCUT2D eigenvalue weighted by Crippen LogP contribution is 2.67. The van der Waals surface area contributed by atoms with Gasteiger partial charge in [0.2, 0.25) is 0 Å². The van der Waals surface area contributed by atoms with Crippen molar-refractivity contribution < 1.29 is 23.0 Å². The van der Waals surface area contributed by atoms with Crippen LogP contribution in [0.1, 0.15) is 71.6 Å². The van der Waals surface area contributed by atoms with Crippen LogP contribution in [0.25, 0.3) is 0 Å². The van der Waals surface area contributed by atoms with Gasteiger partial charge in [0.25, 0.3) is 0 Å². The maximum Gasteiger partial charge on any atom is 0.417 e. The van der Waals surface area contributed by atoms with Gasteiger partial charge < -0.3 is 9.84 Å². The standard InChI is InChI=1S/C21H33F3O2/c1-18-7-4-5-14(18)17-15(6-8-18)19(2)9-10-20(25,21(22,23)24)12-13(19)11-16(17)26-3/h13-17,25H,4-12H2,1-3H3/t13-,14-,15-,16-,17-,18-,19-,20+/m0/s1. The molecule has 8 atom stereocenters. The van der Waals surface area contributed by atoms with Gasteiger partial charge in [0.15, 0.2) is 5.60 Å². The minimum Gasteiger partial charge on any atom is -0.381 e. The summed E-state index contributed by atoms with van der Waals surface area (Å²) in [6.07, 6.45) is 2.44. The molecule has 0 aliphatic heterocycles. The first-order chi connectivity index (χ1) is 12.0. The van der Waals surface area contributed by atoms with Gasteiger partial charge in [-0.05, 0) is 85.9 Å². The number of halogens is 3. The summed E-state index contributed by atoms with van der Waals surface area (Å²) in [4.78, 5) is 0. The molecular formula is C21H33F3O2. The number of methoxy groups -OCH3 is 1. The van der Waals surface area contributed by atoms with Crippen molar-refractivity contribution >= 4 is 0 Å². The Balaban J connectivity index is 1.66. The Labute approximate surface area is 154 Å². The molecule has 4 rings (SSSR count). The number of hydrogen-bond acceptors (Lipinski definition) is 2. The Morgan fingerprint density at radius 3 is 2.38 bits per heavy atom. The van der Waals surface area contributed by atoms with Gasteiger partial charge in [-0.2, -0.15) is 13.2 Å². The molecule has 0 aromatic rings. The Morgan fingerprint density at radius 1 is 1.00 bits per heavy atom. The largest absolute Gasteiger partial charge is 0.417 e. The van der Waals surface area contributed by atoms with Crippen molar-refractivity contribution in [3.63, 3.8) is 0 Å². The van der Waals surface area contributed by atoms with Gasteiger partial charge in [0, 0.05) is 7.11 Å². The summed E-state index contributed by atoms with van der Waals surface area (Å²) in [5.41, 5.74) is -2.22. The summed E-state index contributed by atoms with van der Waals surface area (Å²) in [5, 5.41) is 10.3. The topological polar surface area (TPSA) is 29.5 Å². The lowest BCUT2D eigenvalue weighted by Gasteiger charge is -2.63. The average Bonchev–Trinajstić information content (AvgIpc) is 2.95. The van der Waals surface area contributed by atoms with Crippen LogP contribution in [-0.4, -0.2) is 30.1 Å². The number of alkyl halides is 3. The Bertz CT molecular complexity index is 564. The first kappa shape index (κ1) is 19.0. The minimum absolute atomic E-state index is 0.0383. The molecule has 4 aliphatic rings. The number of fused-ring (bicyclic) bond motifs is 5. The molecular weight excluding hydrogens is 341 g/mol. The van der Waals surface area contributed by atoms with Crippen molar-refractivity contribution in [2.24, 2.45) is 34.5 Å². The normalized spacial score (nSPS) is 54.3. The van der Waals surface area contributed by atoms with Crippen molar-refractivity contribution in [2.75, 3.05) is 7.11 Å². The zero-order chi connectivity index (χ0) is 19.0. The highest BCUT2D eigenvalue weighted by atomic mass is 19.4. The molecule has 0 heterocycles. The van der Waals surface area contributed by atoms with Crippen molar-refractivity contribution in [1.29, 1.82) is 0 Å². The zero-order valence-corrected chi connectivity index (χ0v) is 16.2. The van der Waals surface area contributed by atoms with E-state index < -0.39 is 11.8 Å². The molecule has 2 nitrogen and oxygen atoms in total. The molecule has 4 fully saturated rings. The van der Waals surface area contributed by atoms with E-state index in [0.29, 0.717) is 36.0 Å². The fourth-order valence-corrected chi connectivity index (χ4v) is 7.69. The molecule has 4 saturated carbocycles. The van der Waals surface area contributed by atoms with Gasteiger partial charge in [-0.15, -0.1) is 0 Å². The molecule has 0 aromatic heterocycles. The third-order valence-corrected chi connectivity index (χ3v) is 9.33. The second-order valence-corrected chi connectivity index (χ2v) is 10.3. The van der Waals surface area contributed by atoms with Gasteiger partial charge >= 0.3 is 6.18 Å². The van der Waals surface area contributed by atoms with Crippen molar-refractivity contribution in [1.82, 2.24) is 0 Å². The van der Waals surface area contributed by atoms with Crippen LogP contribution in [0, 0.1) is 34.5 Å². The average molecular weight is 374 g/mol. The van der Waals surface area contributed by atoms with E-state index >= 15 is 0 Å². The van der Waals surface area contributed by atoms with E-state index in [1.54, 1.807) is 7.11 Å². The van der Waals surface area contributed by atoms with E-state index in [0.717, 1.165) is 6.42 Å². The van der Waals surface area contributed by atoms with Gasteiger partial charge in [-0.1, -0.05) is 20.3 Å².